The number of piperidine rings is 1. The summed E-state index contributed by atoms with van der Waals surface area (Å²) >= 11 is 1.36. The van der Waals surface area contributed by atoms with Crippen molar-refractivity contribution >= 4 is 27.5 Å². The van der Waals surface area contributed by atoms with E-state index in [0.29, 0.717) is 27.7 Å². The first-order valence-electron chi connectivity index (χ1n) is 10.6. The van der Waals surface area contributed by atoms with E-state index < -0.39 is 0 Å². The molecule has 0 spiro atoms. The number of thiophene rings is 1. The zero-order valence-corrected chi connectivity index (χ0v) is 17.7. The Morgan fingerprint density at radius 1 is 1.25 bits per heavy atom. The van der Waals surface area contributed by atoms with Crippen LogP contribution in [0.4, 0.5) is 0 Å². The van der Waals surface area contributed by atoms with Gasteiger partial charge in [-0.2, -0.15) is 0 Å². The van der Waals surface area contributed by atoms with E-state index >= 15 is 0 Å². The average molecular weight is 403 g/mol. The molecule has 0 unspecified atom stereocenters. The molecule has 0 aliphatic carbocycles. The number of hydrogen-bond donors (Lipinski definition) is 1. The van der Waals surface area contributed by atoms with Gasteiger partial charge in [0.15, 0.2) is 0 Å². The lowest BCUT2D eigenvalue weighted by molar-refractivity contribution is 0.0952. The van der Waals surface area contributed by atoms with Crippen molar-refractivity contribution in [2.75, 3.05) is 19.6 Å². The van der Waals surface area contributed by atoms with Crippen LogP contribution < -0.4 is 10.9 Å². The lowest BCUT2D eigenvalue weighted by atomic mass is 10.0. The Hall–Kier alpha value is -1.73. The third-order valence-electron chi connectivity index (χ3n) is 6.22. The van der Waals surface area contributed by atoms with E-state index in [9.17, 15) is 9.59 Å². The van der Waals surface area contributed by atoms with Crippen molar-refractivity contribution in [2.45, 2.75) is 71.4 Å². The number of amides is 1. The van der Waals surface area contributed by atoms with Crippen LogP contribution in [0.3, 0.4) is 0 Å². The Balaban J connectivity index is 1.43. The fraction of sp³-hybridized carbons (Fsp3) is 0.667. The average Bonchev–Trinajstić information content (AvgIpc) is 3.03. The van der Waals surface area contributed by atoms with Crippen molar-refractivity contribution in [1.82, 2.24) is 19.8 Å². The second-order valence-corrected chi connectivity index (χ2v) is 9.17. The molecule has 152 valence electrons. The van der Waals surface area contributed by atoms with Crippen LogP contribution in [0.15, 0.2) is 4.79 Å². The highest BCUT2D eigenvalue weighted by Gasteiger charge is 2.23. The van der Waals surface area contributed by atoms with Crippen LogP contribution in [-0.2, 0) is 13.0 Å². The second kappa shape index (κ2) is 8.33. The third kappa shape index (κ3) is 3.74. The van der Waals surface area contributed by atoms with Crippen molar-refractivity contribution in [3.8, 4) is 0 Å². The molecule has 2 aromatic heterocycles. The van der Waals surface area contributed by atoms with Gasteiger partial charge in [-0.05, 0) is 58.1 Å². The SMILES string of the molecule is Cc1c(C(=O)NCCCN2CCCC[C@@H]2C)sc2nc3n(c(=O)c12)CCCC3. The number of nitrogens with zero attached hydrogens (tertiary/aromatic N) is 3. The van der Waals surface area contributed by atoms with Gasteiger partial charge in [-0.15, -0.1) is 11.3 Å². The quantitative estimate of drug-likeness (QED) is 0.781. The number of aryl methyl sites for hydroxylation is 2. The maximum Gasteiger partial charge on any atom is 0.262 e. The lowest BCUT2D eigenvalue weighted by Crippen LogP contribution is -2.39. The minimum Gasteiger partial charge on any atom is -0.351 e. The molecule has 1 saturated heterocycles. The van der Waals surface area contributed by atoms with E-state index in [1.54, 1.807) is 4.57 Å². The summed E-state index contributed by atoms with van der Waals surface area (Å²) in [5.74, 6) is 0.794. The summed E-state index contributed by atoms with van der Waals surface area (Å²) in [5, 5.41) is 3.68. The van der Waals surface area contributed by atoms with Gasteiger partial charge in [0.2, 0.25) is 0 Å². The molecule has 1 fully saturated rings. The van der Waals surface area contributed by atoms with Crippen LogP contribution in [-0.4, -0.2) is 46.0 Å². The van der Waals surface area contributed by atoms with Crippen LogP contribution in [0.5, 0.6) is 0 Å². The maximum atomic E-state index is 12.9. The van der Waals surface area contributed by atoms with Crippen molar-refractivity contribution in [3.63, 3.8) is 0 Å². The van der Waals surface area contributed by atoms with E-state index in [1.165, 1.54) is 37.1 Å². The van der Waals surface area contributed by atoms with E-state index in [1.807, 2.05) is 6.92 Å². The van der Waals surface area contributed by atoms with Crippen LogP contribution in [0, 0.1) is 6.92 Å². The van der Waals surface area contributed by atoms with Crippen molar-refractivity contribution in [1.29, 1.82) is 0 Å². The third-order valence-corrected chi connectivity index (χ3v) is 7.40. The van der Waals surface area contributed by atoms with Gasteiger partial charge in [0.25, 0.3) is 11.5 Å². The Kier molecular flexibility index (Phi) is 5.83. The molecular formula is C21H30N4O2S. The van der Waals surface area contributed by atoms with Gasteiger partial charge in [-0.25, -0.2) is 4.98 Å². The summed E-state index contributed by atoms with van der Waals surface area (Å²) in [4.78, 5) is 34.2. The standard InChI is InChI=1S/C21H30N4O2S/c1-14-8-3-5-11-24(14)12-7-10-22-19(26)18-15(2)17-20(28-18)23-16-9-4-6-13-25(16)21(17)27/h14H,3-13H2,1-2H3,(H,22,26)/t14-/m0/s1. The molecule has 0 bridgehead atoms. The Morgan fingerprint density at radius 3 is 2.89 bits per heavy atom. The number of hydrogen-bond acceptors (Lipinski definition) is 5. The number of likely N-dealkylation sites (tertiary alicyclic amines) is 1. The van der Waals surface area contributed by atoms with E-state index in [4.69, 9.17) is 4.98 Å². The van der Waals surface area contributed by atoms with Gasteiger partial charge in [0.1, 0.15) is 10.7 Å². The van der Waals surface area contributed by atoms with E-state index in [2.05, 4.69) is 17.1 Å². The smallest absolute Gasteiger partial charge is 0.262 e. The molecule has 1 N–H and O–H groups in total. The first kappa shape index (κ1) is 19.6. The van der Waals surface area contributed by atoms with Gasteiger partial charge in [0.05, 0.1) is 10.3 Å². The highest BCUT2D eigenvalue weighted by atomic mass is 32.1. The first-order chi connectivity index (χ1) is 13.6. The molecule has 2 aromatic rings. The predicted molar refractivity (Wildman–Crippen MR) is 113 cm³/mol. The molecule has 4 heterocycles. The number of aromatic nitrogens is 2. The summed E-state index contributed by atoms with van der Waals surface area (Å²) < 4.78 is 1.80. The van der Waals surface area contributed by atoms with Gasteiger partial charge in [-0.1, -0.05) is 6.42 Å². The summed E-state index contributed by atoms with van der Waals surface area (Å²) in [7, 11) is 0. The van der Waals surface area contributed by atoms with Crippen LogP contribution >= 0.6 is 11.3 Å². The minimum absolute atomic E-state index is 0.0200. The highest BCUT2D eigenvalue weighted by molar-refractivity contribution is 7.20. The summed E-state index contributed by atoms with van der Waals surface area (Å²) in [6.45, 7) is 7.78. The summed E-state index contributed by atoms with van der Waals surface area (Å²) in [6, 6.07) is 0.652. The number of rotatable bonds is 5. The molecule has 0 saturated carbocycles. The molecule has 0 radical (unpaired) electrons. The van der Waals surface area contributed by atoms with E-state index in [-0.39, 0.29) is 11.5 Å². The van der Waals surface area contributed by atoms with Crippen molar-refractivity contribution in [2.24, 2.45) is 0 Å². The number of fused-ring (bicyclic) bond motifs is 2. The molecule has 7 heteroatoms. The monoisotopic (exact) mass is 402 g/mol. The Labute approximate surface area is 169 Å². The van der Waals surface area contributed by atoms with Crippen LogP contribution in [0.2, 0.25) is 0 Å². The maximum absolute atomic E-state index is 12.9. The fourth-order valence-corrected chi connectivity index (χ4v) is 5.61. The molecular weight excluding hydrogens is 372 g/mol. The first-order valence-corrected chi connectivity index (χ1v) is 11.4. The molecule has 1 atom stereocenters. The van der Waals surface area contributed by atoms with Gasteiger partial charge < -0.3 is 10.2 Å². The normalized spacial score (nSPS) is 20.3. The topological polar surface area (TPSA) is 67.2 Å². The van der Waals surface area contributed by atoms with Gasteiger partial charge in [-0.3, -0.25) is 14.2 Å². The zero-order valence-electron chi connectivity index (χ0n) is 16.9. The largest absolute Gasteiger partial charge is 0.351 e. The van der Waals surface area contributed by atoms with Crippen molar-refractivity contribution < 1.29 is 4.79 Å². The van der Waals surface area contributed by atoms with Crippen LogP contribution in [0.25, 0.3) is 10.2 Å². The molecule has 6 nitrogen and oxygen atoms in total. The summed E-state index contributed by atoms with van der Waals surface area (Å²) in [6.07, 6.45) is 7.78. The Morgan fingerprint density at radius 2 is 2.07 bits per heavy atom. The number of carbonyl (C=O) groups excluding carboxylic acids is 1. The molecule has 2 aliphatic heterocycles. The molecule has 1 amide bonds. The van der Waals surface area contributed by atoms with E-state index in [0.717, 1.165) is 50.2 Å². The summed E-state index contributed by atoms with van der Waals surface area (Å²) in [5.41, 5.74) is 0.798. The highest BCUT2D eigenvalue weighted by Crippen LogP contribution is 2.28. The van der Waals surface area contributed by atoms with Gasteiger partial charge in [0, 0.05) is 32.1 Å². The minimum atomic E-state index is -0.0745. The fourth-order valence-electron chi connectivity index (χ4n) is 4.50. The van der Waals surface area contributed by atoms with Gasteiger partial charge >= 0.3 is 0 Å². The molecule has 0 aromatic carbocycles. The zero-order chi connectivity index (χ0) is 19.7. The second-order valence-electron chi connectivity index (χ2n) is 8.17. The van der Waals surface area contributed by atoms with Crippen LogP contribution in [0.1, 0.15) is 66.5 Å². The molecule has 4 rings (SSSR count). The predicted octanol–water partition coefficient (Wildman–Crippen LogP) is 3.10. The lowest BCUT2D eigenvalue weighted by Gasteiger charge is -2.33. The number of nitrogens with one attached hydrogen (secondary N) is 1. The molecule has 2 aliphatic rings. The molecule has 28 heavy (non-hydrogen) atoms. The Bertz CT molecular complexity index is 933. The van der Waals surface area contributed by atoms with Crippen molar-refractivity contribution in [3.05, 3.63) is 26.6 Å². The number of carbonyl (C=O) groups is 1.